The number of hydrogen-bond donors (Lipinski definition) is 0. The molecule has 0 aromatic heterocycles. The Morgan fingerprint density at radius 3 is 1.81 bits per heavy atom. The summed E-state index contributed by atoms with van der Waals surface area (Å²) in [5.41, 5.74) is 0. The van der Waals surface area contributed by atoms with Crippen LogP contribution in [0.25, 0.3) is 0 Å². The van der Waals surface area contributed by atoms with Crippen LogP contribution in [0.15, 0.2) is 60.4 Å². The fraction of sp³-hybridized carbons (Fsp3) is 0.783. The van der Waals surface area contributed by atoms with Crippen molar-refractivity contribution in [2.24, 2.45) is 94.7 Å². The Morgan fingerprint density at radius 1 is 0.447 bits per heavy atom. The number of ether oxygens (including phenoxy) is 1. The highest BCUT2D eigenvalue weighted by Gasteiger charge is 2.61. The van der Waals surface area contributed by atoms with E-state index < -0.39 is 0 Å². The topological polar surface area (TPSA) is 9.23 Å². The molecule has 4 saturated carbocycles. The van der Waals surface area contributed by atoms with E-state index in [2.05, 4.69) is 54.7 Å². The Morgan fingerprint density at radius 2 is 1.09 bits per heavy atom. The Hall–Kier alpha value is -1.50. The van der Waals surface area contributed by atoms with Crippen LogP contribution in [0.1, 0.15) is 122 Å². The summed E-state index contributed by atoms with van der Waals surface area (Å²) in [5.74, 6) is 15.6. The number of hydrogen-bond acceptors (Lipinski definition) is 1. The van der Waals surface area contributed by atoms with Crippen molar-refractivity contribution in [3.8, 4) is 0 Å². The van der Waals surface area contributed by atoms with Crippen LogP contribution in [0.4, 0.5) is 0 Å². The molecule has 0 aromatic carbocycles. The van der Waals surface area contributed by atoms with E-state index >= 15 is 0 Å². The zero-order valence-electron chi connectivity index (χ0n) is 29.4. The lowest BCUT2D eigenvalue weighted by atomic mass is 9.42. The van der Waals surface area contributed by atoms with E-state index in [0.29, 0.717) is 23.9 Å². The molecule has 0 bridgehead atoms. The van der Waals surface area contributed by atoms with Crippen molar-refractivity contribution < 1.29 is 4.74 Å². The van der Waals surface area contributed by atoms with Crippen molar-refractivity contribution in [1.82, 2.24) is 0 Å². The molecule has 10 rings (SSSR count). The summed E-state index contributed by atoms with van der Waals surface area (Å²) in [6, 6.07) is 0. The molecule has 10 aliphatic rings. The summed E-state index contributed by atoms with van der Waals surface area (Å²) in [4.78, 5) is 0. The minimum absolute atomic E-state index is 0.454. The van der Waals surface area contributed by atoms with Gasteiger partial charge in [-0.1, -0.05) is 74.3 Å². The summed E-state index contributed by atoms with van der Waals surface area (Å²) >= 11 is 0. The molecule has 15 atom stereocenters. The first-order valence-electron chi connectivity index (χ1n) is 21.4. The Labute approximate surface area is 287 Å². The van der Waals surface area contributed by atoms with Crippen LogP contribution in [0.5, 0.6) is 0 Å². The van der Waals surface area contributed by atoms with Crippen molar-refractivity contribution in [3.05, 3.63) is 60.4 Å². The molecule has 47 heavy (non-hydrogen) atoms. The number of rotatable bonds is 3. The van der Waals surface area contributed by atoms with Crippen LogP contribution in [0.3, 0.4) is 0 Å². The van der Waals surface area contributed by atoms with Crippen LogP contribution in [-0.2, 0) is 4.74 Å². The van der Waals surface area contributed by atoms with Crippen molar-refractivity contribution in [2.75, 3.05) is 0 Å². The van der Waals surface area contributed by atoms with E-state index in [1.54, 1.807) is 32.1 Å². The van der Waals surface area contributed by atoms with E-state index in [1.807, 2.05) is 0 Å². The van der Waals surface area contributed by atoms with Crippen LogP contribution in [0, 0.1) is 94.7 Å². The van der Waals surface area contributed by atoms with Gasteiger partial charge in [-0.15, -0.1) is 0 Å². The van der Waals surface area contributed by atoms with Crippen LogP contribution in [-0.4, -0.2) is 6.10 Å². The van der Waals surface area contributed by atoms with Gasteiger partial charge >= 0.3 is 0 Å². The molecule has 0 amide bonds. The normalized spacial score (nSPS) is 52.9. The molecule has 1 saturated heterocycles. The third-order valence-corrected chi connectivity index (χ3v) is 17.1. The highest BCUT2D eigenvalue weighted by molar-refractivity contribution is 5.24. The van der Waals surface area contributed by atoms with Crippen LogP contribution < -0.4 is 0 Å². The van der Waals surface area contributed by atoms with Crippen LogP contribution >= 0.6 is 0 Å². The first-order chi connectivity index (χ1) is 23.3. The molecule has 0 spiro atoms. The molecule has 15 unspecified atom stereocenters. The molecule has 254 valence electrons. The molecule has 0 aromatic rings. The predicted molar refractivity (Wildman–Crippen MR) is 193 cm³/mol. The van der Waals surface area contributed by atoms with Gasteiger partial charge in [0, 0.05) is 11.8 Å². The summed E-state index contributed by atoms with van der Waals surface area (Å²) in [6.07, 6.45) is 51.7. The summed E-state index contributed by atoms with van der Waals surface area (Å²) in [7, 11) is 0. The average Bonchev–Trinajstić information content (AvgIpc) is 3.52. The van der Waals surface area contributed by atoms with E-state index in [4.69, 9.17) is 4.74 Å². The quantitative estimate of drug-likeness (QED) is 0.281. The standard InChI is InChI=1S/C46H64O/c1-2-14-29(15-3-1)31-27-41(46-39-24-12-13-25-42(39)47-43(46)28-31)45-37-22-10-8-20-35(37)44(36-21-9-11-23-38(36)45)40-26-30-16-4-5-17-32(30)33-18-6-7-19-34(33)40/h2,5,7,12,14,17,19,24,28-42,44-46H,1,3-4,6,8-11,13,15-16,18,20-23,25-27H2. The zero-order valence-corrected chi connectivity index (χ0v) is 29.4. The second kappa shape index (κ2) is 12.7. The van der Waals surface area contributed by atoms with E-state index in [0.717, 1.165) is 76.9 Å². The molecule has 0 N–H and O–H groups in total. The van der Waals surface area contributed by atoms with Gasteiger partial charge in [0.25, 0.3) is 0 Å². The predicted octanol–water partition coefficient (Wildman–Crippen LogP) is 11.9. The fourth-order valence-electron chi connectivity index (χ4n) is 15.6. The summed E-state index contributed by atoms with van der Waals surface area (Å²) in [5, 5.41) is 0. The lowest BCUT2D eigenvalue weighted by Crippen LogP contribution is -2.57. The van der Waals surface area contributed by atoms with Gasteiger partial charge < -0.3 is 4.74 Å². The molecule has 0 radical (unpaired) electrons. The van der Waals surface area contributed by atoms with Crippen molar-refractivity contribution >= 4 is 0 Å². The number of allylic oxidation sites excluding steroid dienone is 9. The minimum atomic E-state index is 0.454. The molecular formula is C46H64O. The Kier molecular flexibility index (Phi) is 8.18. The van der Waals surface area contributed by atoms with Gasteiger partial charge in [0.05, 0.1) is 5.76 Å². The van der Waals surface area contributed by atoms with Crippen LogP contribution in [0.2, 0.25) is 0 Å². The second-order valence-corrected chi connectivity index (χ2v) is 18.8. The van der Waals surface area contributed by atoms with Gasteiger partial charge in [-0.25, -0.2) is 0 Å². The minimum Gasteiger partial charge on any atom is -0.494 e. The molecule has 1 aliphatic heterocycles. The molecule has 5 fully saturated rings. The van der Waals surface area contributed by atoms with Gasteiger partial charge in [-0.3, -0.25) is 0 Å². The van der Waals surface area contributed by atoms with E-state index in [9.17, 15) is 0 Å². The fourth-order valence-corrected chi connectivity index (χ4v) is 15.6. The third kappa shape index (κ3) is 5.10. The largest absolute Gasteiger partial charge is 0.494 e. The molecular weight excluding hydrogens is 569 g/mol. The monoisotopic (exact) mass is 632 g/mol. The van der Waals surface area contributed by atoms with Gasteiger partial charge in [-0.05, 0) is 185 Å². The van der Waals surface area contributed by atoms with Crippen molar-refractivity contribution in [3.63, 3.8) is 0 Å². The van der Waals surface area contributed by atoms with E-state index in [-0.39, 0.29) is 0 Å². The summed E-state index contributed by atoms with van der Waals surface area (Å²) < 4.78 is 7.08. The highest BCUT2D eigenvalue weighted by atomic mass is 16.5. The number of fused-ring (bicyclic) bond motifs is 8. The summed E-state index contributed by atoms with van der Waals surface area (Å²) in [6.45, 7) is 0. The van der Waals surface area contributed by atoms with E-state index in [1.165, 1.54) is 95.7 Å². The third-order valence-electron chi connectivity index (χ3n) is 17.1. The first kappa shape index (κ1) is 30.3. The maximum Gasteiger partial charge on any atom is 0.105 e. The van der Waals surface area contributed by atoms with Crippen molar-refractivity contribution in [2.45, 2.75) is 128 Å². The Balaban J connectivity index is 1.04. The molecule has 9 aliphatic carbocycles. The first-order valence-corrected chi connectivity index (χ1v) is 21.4. The second-order valence-electron chi connectivity index (χ2n) is 18.8. The van der Waals surface area contributed by atoms with Gasteiger partial charge in [0.1, 0.15) is 6.10 Å². The molecule has 1 heteroatoms. The van der Waals surface area contributed by atoms with Gasteiger partial charge in [-0.2, -0.15) is 0 Å². The smallest absolute Gasteiger partial charge is 0.105 e. The maximum atomic E-state index is 7.08. The lowest BCUT2D eigenvalue weighted by Gasteiger charge is -2.63. The lowest BCUT2D eigenvalue weighted by molar-refractivity contribution is -0.135. The van der Waals surface area contributed by atoms with Crippen molar-refractivity contribution in [1.29, 1.82) is 0 Å². The molecule has 1 nitrogen and oxygen atoms in total. The van der Waals surface area contributed by atoms with Gasteiger partial charge in [0.15, 0.2) is 0 Å². The Bertz CT molecular complexity index is 1270. The zero-order chi connectivity index (χ0) is 30.9. The highest BCUT2D eigenvalue weighted by Crippen LogP contribution is 2.67. The molecule has 1 heterocycles. The average molecular weight is 633 g/mol. The maximum absolute atomic E-state index is 7.08. The SMILES string of the molecule is C1=CC(C2C=C3OC4CCC=CC4C3C(C3C4CCCCC4C(C4CC5CCC=CC5C5CCC=CC54)C4CCCCC43)C2)CCC1. The van der Waals surface area contributed by atoms with Gasteiger partial charge in [0.2, 0.25) is 0 Å².